The van der Waals surface area contributed by atoms with Crippen molar-refractivity contribution in [2.75, 3.05) is 6.54 Å². The molecule has 6 heteroatoms. The number of aliphatic hydroxyl groups is 1. The predicted molar refractivity (Wildman–Crippen MR) is 88.6 cm³/mol. The second-order valence-electron chi connectivity index (χ2n) is 6.26. The number of nitrogens with one attached hydrogen (secondary N) is 1. The molecule has 23 heavy (non-hydrogen) atoms. The lowest BCUT2D eigenvalue weighted by atomic mass is 10.1. The van der Waals surface area contributed by atoms with Crippen LogP contribution < -0.4 is 5.32 Å². The Hall–Kier alpha value is -2.34. The van der Waals surface area contributed by atoms with E-state index < -0.39 is 5.60 Å². The van der Waals surface area contributed by atoms with Crippen LogP contribution in [0.25, 0.3) is 0 Å². The topological polar surface area (TPSA) is 70.4 Å². The van der Waals surface area contributed by atoms with Crippen molar-refractivity contribution < 1.29 is 9.90 Å². The van der Waals surface area contributed by atoms with Gasteiger partial charge in [-0.2, -0.15) is 5.10 Å². The fourth-order valence-electron chi connectivity index (χ4n) is 2.32. The highest BCUT2D eigenvalue weighted by Gasteiger charge is 2.22. The lowest BCUT2D eigenvalue weighted by molar-refractivity contribution is 0.0446. The van der Waals surface area contributed by atoms with Gasteiger partial charge in [0.1, 0.15) is 0 Å². The van der Waals surface area contributed by atoms with E-state index in [1.54, 1.807) is 29.6 Å². The van der Waals surface area contributed by atoms with E-state index in [0.717, 1.165) is 11.3 Å². The number of nitrogens with zero attached hydrogens (tertiary/aromatic N) is 3. The van der Waals surface area contributed by atoms with Crippen molar-refractivity contribution in [1.29, 1.82) is 0 Å². The van der Waals surface area contributed by atoms with Crippen LogP contribution in [0.4, 0.5) is 4.79 Å². The minimum atomic E-state index is -0.960. The van der Waals surface area contributed by atoms with Crippen LogP contribution >= 0.6 is 0 Å². The minimum Gasteiger partial charge on any atom is -0.389 e. The molecule has 0 bridgehead atoms. The zero-order valence-corrected chi connectivity index (χ0v) is 13.9. The Balaban J connectivity index is 2.03. The van der Waals surface area contributed by atoms with Crippen molar-refractivity contribution in [3.8, 4) is 0 Å². The van der Waals surface area contributed by atoms with E-state index in [4.69, 9.17) is 0 Å². The molecule has 1 aromatic carbocycles. The van der Waals surface area contributed by atoms with Crippen LogP contribution in [0, 0.1) is 0 Å². The molecule has 0 radical (unpaired) electrons. The lowest BCUT2D eigenvalue weighted by Gasteiger charge is -2.29. The quantitative estimate of drug-likeness (QED) is 0.855. The van der Waals surface area contributed by atoms with Crippen molar-refractivity contribution in [2.24, 2.45) is 7.05 Å². The van der Waals surface area contributed by atoms with E-state index in [1.807, 2.05) is 43.4 Å². The average Bonchev–Trinajstić information content (AvgIpc) is 2.89. The molecule has 0 saturated carbocycles. The summed E-state index contributed by atoms with van der Waals surface area (Å²) in [5.41, 5.74) is 0.979. The number of hydrogen-bond donors (Lipinski definition) is 2. The van der Waals surface area contributed by atoms with Gasteiger partial charge in [0.05, 0.1) is 24.4 Å². The summed E-state index contributed by atoms with van der Waals surface area (Å²) in [6.07, 6.45) is 1.69. The summed E-state index contributed by atoms with van der Waals surface area (Å²) in [6, 6.07) is 11.4. The van der Waals surface area contributed by atoms with Gasteiger partial charge in [-0.25, -0.2) is 4.79 Å². The number of carbonyl (C=O) groups is 1. The molecule has 2 rings (SSSR count). The van der Waals surface area contributed by atoms with Crippen LogP contribution in [0.3, 0.4) is 0 Å². The third-order valence-electron chi connectivity index (χ3n) is 3.42. The van der Waals surface area contributed by atoms with Gasteiger partial charge in [-0.3, -0.25) is 4.68 Å². The molecule has 1 aromatic heterocycles. The molecule has 0 aliphatic heterocycles. The first-order valence-corrected chi connectivity index (χ1v) is 7.61. The highest BCUT2D eigenvalue weighted by Crippen LogP contribution is 2.11. The number of benzene rings is 1. The molecule has 0 aliphatic carbocycles. The average molecular weight is 316 g/mol. The SMILES string of the molecule is Cn1nccc1CNC(=O)N(Cc1ccccc1)CC(C)(C)O. The first-order chi connectivity index (χ1) is 10.8. The molecule has 6 nitrogen and oxygen atoms in total. The van der Waals surface area contributed by atoms with Crippen molar-refractivity contribution in [2.45, 2.75) is 32.5 Å². The standard InChI is InChI=1S/C17H24N4O2/c1-17(2,23)13-21(12-14-7-5-4-6-8-14)16(22)18-11-15-9-10-19-20(15)3/h4-10,23H,11-13H2,1-3H3,(H,18,22). The Morgan fingerprint density at radius 1 is 1.30 bits per heavy atom. The second-order valence-corrected chi connectivity index (χ2v) is 6.26. The van der Waals surface area contributed by atoms with Crippen LogP contribution in [0.15, 0.2) is 42.6 Å². The van der Waals surface area contributed by atoms with Gasteiger partial charge in [0.25, 0.3) is 0 Å². The third-order valence-corrected chi connectivity index (χ3v) is 3.42. The summed E-state index contributed by atoms with van der Waals surface area (Å²) in [4.78, 5) is 14.1. The lowest BCUT2D eigenvalue weighted by Crippen LogP contribution is -2.46. The number of aryl methyl sites for hydroxylation is 1. The number of amides is 2. The second kappa shape index (κ2) is 7.28. The molecule has 0 atom stereocenters. The van der Waals surface area contributed by atoms with Crippen molar-refractivity contribution in [1.82, 2.24) is 20.0 Å². The summed E-state index contributed by atoms with van der Waals surface area (Å²) in [6.45, 7) is 4.48. The van der Waals surface area contributed by atoms with Gasteiger partial charge in [0.15, 0.2) is 0 Å². The van der Waals surface area contributed by atoms with E-state index in [9.17, 15) is 9.90 Å². The summed E-state index contributed by atoms with van der Waals surface area (Å²) in [5.74, 6) is 0. The van der Waals surface area contributed by atoms with E-state index >= 15 is 0 Å². The summed E-state index contributed by atoms with van der Waals surface area (Å²) < 4.78 is 1.72. The highest BCUT2D eigenvalue weighted by molar-refractivity contribution is 5.74. The largest absolute Gasteiger partial charge is 0.389 e. The van der Waals surface area contributed by atoms with Crippen molar-refractivity contribution in [3.63, 3.8) is 0 Å². The van der Waals surface area contributed by atoms with Gasteiger partial charge in [-0.05, 0) is 25.5 Å². The maximum Gasteiger partial charge on any atom is 0.318 e. The van der Waals surface area contributed by atoms with Crippen LogP contribution in [0.5, 0.6) is 0 Å². The number of hydrogen-bond acceptors (Lipinski definition) is 3. The molecular weight excluding hydrogens is 292 g/mol. The van der Waals surface area contributed by atoms with Gasteiger partial charge in [0, 0.05) is 19.8 Å². The summed E-state index contributed by atoms with van der Waals surface area (Å²) >= 11 is 0. The Bertz CT molecular complexity index is 632. The number of aromatic nitrogens is 2. The number of urea groups is 1. The summed E-state index contributed by atoms with van der Waals surface area (Å²) in [7, 11) is 1.83. The molecule has 2 amide bonds. The molecule has 0 aliphatic rings. The predicted octanol–water partition coefficient (Wildman–Crippen LogP) is 1.90. The molecule has 1 heterocycles. The summed E-state index contributed by atoms with van der Waals surface area (Å²) in [5, 5.41) is 17.0. The Labute approximate surface area is 136 Å². The Morgan fingerprint density at radius 2 is 2.00 bits per heavy atom. The molecule has 2 N–H and O–H groups in total. The van der Waals surface area contributed by atoms with Crippen LogP contribution in [-0.2, 0) is 20.1 Å². The van der Waals surface area contributed by atoms with E-state index in [2.05, 4.69) is 10.4 Å². The molecule has 0 unspecified atom stereocenters. The highest BCUT2D eigenvalue weighted by atomic mass is 16.3. The van der Waals surface area contributed by atoms with Gasteiger partial charge in [0.2, 0.25) is 0 Å². The third kappa shape index (κ3) is 5.41. The van der Waals surface area contributed by atoms with Gasteiger partial charge in [-0.15, -0.1) is 0 Å². The van der Waals surface area contributed by atoms with Gasteiger partial charge < -0.3 is 15.3 Å². The van der Waals surface area contributed by atoms with E-state index in [0.29, 0.717) is 13.1 Å². The minimum absolute atomic E-state index is 0.211. The van der Waals surface area contributed by atoms with Crippen molar-refractivity contribution in [3.05, 3.63) is 53.9 Å². The molecular formula is C17H24N4O2. The van der Waals surface area contributed by atoms with Crippen molar-refractivity contribution >= 4 is 6.03 Å². The fourth-order valence-corrected chi connectivity index (χ4v) is 2.32. The van der Waals surface area contributed by atoms with Crippen LogP contribution in [0.1, 0.15) is 25.1 Å². The molecule has 2 aromatic rings. The Kier molecular flexibility index (Phi) is 5.39. The molecule has 124 valence electrons. The molecule has 0 fully saturated rings. The van der Waals surface area contributed by atoms with E-state index in [-0.39, 0.29) is 12.6 Å². The number of carbonyl (C=O) groups excluding carboxylic acids is 1. The normalized spacial score (nSPS) is 11.3. The van der Waals surface area contributed by atoms with Crippen LogP contribution in [-0.4, -0.2) is 38.0 Å². The monoisotopic (exact) mass is 316 g/mol. The van der Waals surface area contributed by atoms with Gasteiger partial charge >= 0.3 is 6.03 Å². The van der Waals surface area contributed by atoms with E-state index in [1.165, 1.54) is 0 Å². The number of rotatable bonds is 6. The first-order valence-electron chi connectivity index (χ1n) is 7.61. The smallest absolute Gasteiger partial charge is 0.318 e. The molecule has 0 saturated heterocycles. The zero-order valence-electron chi connectivity index (χ0n) is 13.9. The maximum atomic E-state index is 12.5. The fraction of sp³-hybridized carbons (Fsp3) is 0.412. The Morgan fingerprint density at radius 3 is 2.57 bits per heavy atom. The maximum absolute atomic E-state index is 12.5. The van der Waals surface area contributed by atoms with Crippen LogP contribution in [0.2, 0.25) is 0 Å². The first kappa shape index (κ1) is 17.0. The van der Waals surface area contributed by atoms with Gasteiger partial charge in [-0.1, -0.05) is 30.3 Å². The molecule has 0 spiro atoms. The zero-order chi connectivity index (χ0) is 16.9.